The summed E-state index contributed by atoms with van der Waals surface area (Å²) in [6.45, 7) is 3.46. The van der Waals surface area contributed by atoms with Crippen molar-refractivity contribution < 1.29 is 19.1 Å². The number of nitrogens with one attached hydrogen (secondary N) is 2. The van der Waals surface area contributed by atoms with Gasteiger partial charge < -0.3 is 25.0 Å². The molecule has 0 bridgehead atoms. The molecular weight excluding hydrogens is 358 g/mol. The fourth-order valence-electron chi connectivity index (χ4n) is 4.27. The maximum absolute atomic E-state index is 12.6. The van der Waals surface area contributed by atoms with E-state index in [9.17, 15) is 9.59 Å². The highest BCUT2D eigenvalue weighted by molar-refractivity contribution is 5.79. The summed E-state index contributed by atoms with van der Waals surface area (Å²) in [5.41, 5.74) is 2.13. The van der Waals surface area contributed by atoms with Crippen LogP contribution in [-0.4, -0.2) is 50.7 Å². The van der Waals surface area contributed by atoms with Crippen molar-refractivity contribution in [3.63, 3.8) is 0 Å². The molecule has 28 heavy (non-hydrogen) atoms. The number of hydrogen-bond donors (Lipinski definition) is 2. The number of rotatable bonds is 6. The van der Waals surface area contributed by atoms with Crippen LogP contribution in [0.5, 0.6) is 11.5 Å². The summed E-state index contributed by atoms with van der Waals surface area (Å²) in [5, 5.41) is 5.98. The second-order valence-corrected chi connectivity index (χ2v) is 7.43. The van der Waals surface area contributed by atoms with Gasteiger partial charge in [-0.05, 0) is 49.4 Å². The van der Waals surface area contributed by atoms with Crippen LogP contribution >= 0.6 is 0 Å². The number of nitrogens with zero attached hydrogens (tertiary/aromatic N) is 1. The third-order valence-electron chi connectivity index (χ3n) is 5.79. The van der Waals surface area contributed by atoms with Crippen molar-refractivity contribution in [2.45, 2.75) is 45.1 Å². The molecule has 1 aromatic rings. The molecule has 154 valence electrons. The normalized spacial score (nSPS) is 19.1. The number of amides is 3. The summed E-state index contributed by atoms with van der Waals surface area (Å²) in [7, 11) is 3.22. The molecule has 7 nitrogen and oxygen atoms in total. The van der Waals surface area contributed by atoms with Crippen molar-refractivity contribution in [1.82, 2.24) is 15.5 Å². The molecule has 0 saturated heterocycles. The van der Waals surface area contributed by atoms with Crippen LogP contribution in [0.4, 0.5) is 4.79 Å². The summed E-state index contributed by atoms with van der Waals surface area (Å²) in [5.74, 6) is 1.51. The molecule has 3 amide bonds. The second-order valence-electron chi connectivity index (χ2n) is 7.43. The van der Waals surface area contributed by atoms with Gasteiger partial charge in [0.2, 0.25) is 5.91 Å². The summed E-state index contributed by atoms with van der Waals surface area (Å²) in [4.78, 5) is 27.0. The number of ether oxygens (including phenoxy) is 2. The Morgan fingerprint density at radius 2 is 1.79 bits per heavy atom. The van der Waals surface area contributed by atoms with Gasteiger partial charge >= 0.3 is 6.03 Å². The molecule has 2 N–H and O–H groups in total. The first-order valence-electron chi connectivity index (χ1n) is 10.2. The van der Waals surface area contributed by atoms with E-state index >= 15 is 0 Å². The van der Waals surface area contributed by atoms with Gasteiger partial charge in [0.25, 0.3) is 0 Å². The lowest BCUT2D eigenvalue weighted by Gasteiger charge is -2.38. The first-order chi connectivity index (χ1) is 13.6. The Morgan fingerprint density at radius 3 is 2.43 bits per heavy atom. The number of carbonyl (C=O) groups is 2. The van der Waals surface area contributed by atoms with Crippen molar-refractivity contribution >= 4 is 11.9 Å². The fraction of sp³-hybridized carbons (Fsp3) is 0.619. The third kappa shape index (κ3) is 4.18. The SMILES string of the molecule is CCNC(=O)N1CCc2cc(OC)c(OC)cc2[C@H]1CNC(=O)C1CCCC1. The molecule has 1 saturated carbocycles. The Morgan fingerprint density at radius 1 is 1.11 bits per heavy atom. The molecule has 3 rings (SSSR count). The van der Waals surface area contributed by atoms with Gasteiger partial charge in [-0.2, -0.15) is 0 Å². The highest BCUT2D eigenvalue weighted by Gasteiger charge is 2.33. The molecule has 0 radical (unpaired) electrons. The Hall–Kier alpha value is -2.44. The van der Waals surface area contributed by atoms with E-state index in [0.29, 0.717) is 31.1 Å². The molecule has 1 aliphatic heterocycles. The first kappa shape index (κ1) is 20.3. The van der Waals surface area contributed by atoms with Gasteiger partial charge in [0, 0.05) is 25.6 Å². The van der Waals surface area contributed by atoms with Crippen LogP contribution in [0.2, 0.25) is 0 Å². The molecule has 0 aromatic heterocycles. The topological polar surface area (TPSA) is 79.9 Å². The Kier molecular flexibility index (Phi) is 6.65. The number of benzene rings is 1. The van der Waals surface area contributed by atoms with Gasteiger partial charge in [0.1, 0.15) is 0 Å². The van der Waals surface area contributed by atoms with E-state index in [-0.39, 0.29) is 23.9 Å². The average molecular weight is 389 g/mol. The summed E-state index contributed by atoms with van der Waals surface area (Å²) >= 11 is 0. The minimum Gasteiger partial charge on any atom is -0.493 e. The third-order valence-corrected chi connectivity index (χ3v) is 5.79. The van der Waals surface area contributed by atoms with E-state index in [2.05, 4.69) is 10.6 Å². The number of urea groups is 1. The Bertz CT molecular complexity index is 716. The highest BCUT2D eigenvalue weighted by Crippen LogP contribution is 2.38. The molecule has 0 unspecified atom stereocenters. The summed E-state index contributed by atoms with van der Waals surface area (Å²) in [6.07, 6.45) is 4.88. The van der Waals surface area contributed by atoms with Crippen molar-refractivity contribution in [3.05, 3.63) is 23.3 Å². The predicted molar refractivity (Wildman–Crippen MR) is 107 cm³/mol. The van der Waals surface area contributed by atoms with Gasteiger partial charge in [-0.1, -0.05) is 12.8 Å². The Balaban J connectivity index is 1.86. The smallest absolute Gasteiger partial charge is 0.317 e. The number of methoxy groups -OCH3 is 2. The summed E-state index contributed by atoms with van der Waals surface area (Å²) < 4.78 is 10.9. The van der Waals surface area contributed by atoms with Crippen LogP contribution in [0, 0.1) is 5.92 Å². The van der Waals surface area contributed by atoms with Crippen LogP contribution in [0.3, 0.4) is 0 Å². The second kappa shape index (κ2) is 9.17. The van der Waals surface area contributed by atoms with Crippen molar-refractivity contribution in [2.24, 2.45) is 5.92 Å². The van der Waals surface area contributed by atoms with Gasteiger partial charge in [-0.25, -0.2) is 4.79 Å². The van der Waals surface area contributed by atoms with E-state index in [1.165, 1.54) is 0 Å². The average Bonchev–Trinajstić information content (AvgIpc) is 3.25. The Labute approximate surface area is 166 Å². The quantitative estimate of drug-likeness (QED) is 0.784. The van der Waals surface area contributed by atoms with Crippen molar-refractivity contribution in [2.75, 3.05) is 33.9 Å². The molecule has 1 aromatic carbocycles. The van der Waals surface area contributed by atoms with E-state index in [1.54, 1.807) is 14.2 Å². The number of fused-ring (bicyclic) bond motifs is 1. The van der Waals surface area contributed by atoms with E-state index in [4.69, 9.17) is 9.47 Å². The zero-order valence-corrected chi connectivity index (χ0v) is 17.0. The lowest BCUT2D eigenvalue weighted by molar-refractivity contribution is -0.125. The van der Waals surface area contributed by atoms with Crippen LogP contribution in [-0.2, 0) is 11.2 Å². The number of hydrogen-bond acceptors (Lipinski definition) is 4. The zero-order valence-electron chi connectivity index (χ0n) is 17.0. The first-order valence-corrected chi connectivity index (χ1v) is 10.2. The van der Waals surface area contributed by atoms with Crippen LogP contribution < -0.4 is 20.1 Å². The van der Waals surface area contributed by atoms with Gasteiger partial charge in [-0.15, -0.1) is 0 Å². The zero-order chi connectivity index (χ0) is 20.1. The van der Waals surface area contributed by atoms with Crippen molar-refractivity contribution in [1.29, 1.82) is 0 Å². The number of carbonyl (C=O) groups excluding carboxylic acids is 2. The lowest BCUT2D eigenvalue weighted by Crippen LogP contribution is -2.49. The van der Waals surface area contributed by atoms with Crippen molar-refractivity contribution in [3.8, 4) is 11.5 Å². The molecule has 1 heterocycles. The van der Waals surface area contributed by atoms with Crippen LogP contribution in [0.15, 0.2) is 12.1 Å². The molecule has 0 spiro atoms. The molecule has 1 atom stereocenters. The minimum atomic E-state index is -0.236. The maximum atomic E-state index is 12.6. The van der Waals surface area contributed by atoms with Crippen LogP contribution in [0.1, 0.15) is 49.8 Å². The molecule has 7 heteroatoms. The lowest BCUT2D eigenvalue weighted by atomic mass is 9.91. The largest absolute Gasteiger partial charge is 0.493 e. The monoisotopic (exact) mass is 389 g/mol. The van der Waals surface area contributed by atoms with Gasteiger partial charge in [0.15, 0.2) is 11.5 Å². The molecular formula is C21H31N3O4. The van der Waals surface area contributed by atoms with Gasteiger partial charge in [0.05, 0.1) is 20.3 Å². The molecule has 2 aliphatic rings. The minimum absolute atomic E-state index is 0.0981. The van der Waals surface area contributed by atoms with E-state index in [0.717, 1.165) is 43.2 Å². The summed E-state index contributed by atoms with van der Waals surface area (Å²) in [6, 6.07) is 3.57. The van der Waals surface area contributed by atoms with Gasteiger partial charge in [-0.3, -0.25) is 4.79 Å². The predicted octanol–water partition coefficient (Wildman–Crippen LogP) is 2.64. The highest BCUT2D eigenvalue weighted by atomic mass is 16.5. The van der Waals surface area contributed by atoms with E-state index in [1.807, 2.05) is 24.0 Å². The molecule has 1 aliphatic carbocycles. The van der Waals surface area contributed by atoms with E-state index < -0.39 is 0 Å². The van der Waals surface area contributed by atoms with Crippen LogP contribution in [0.25, 0.3) is 0 Å². The maximum Gasteiger partial charge on any atom is 0.317 e. The standard InChI is InChI=1S/C21H31N3O4/c1-4-22-21(26)24-10-9-15-11-18(27-2)19(28-3)12-16(15)17(24)13-23-20(25)14-7-5-6-8-14/h11-12,14,17H,4-10,13H2,1-3H3,(H,22,26)(H,23,25)/t17-/m1/s1. The fourth-order valence-corrected chi connectivity index (χ4v) is 4.27. The molecule has 1 fully saturated rings.